The third kappa shape index (κ3) is 6.51. The van der Waals surface area contributed by atoms with Crippen molar-refractivity contribution in [3.63, 3.8) is 0 Å². The van der Waals surface area contributed by atoms with E-state index >= 15 is 0 Å². The Kier molecular flexibility index (Phi) is 8.48. The van der Waals surface area contributed by atoms with E-state index in [0.29, 0.717) is 39.8 Å². The second-order valence-electron chi connectivity index (χ2n) is 10.5. The maximum absolute atomic E-state index is 13.6. The molecule has 1 aromatic carbocycles. The molecule has 0 bridgehead atoms. The molecule has 1 aliphatic rings. The monoisotopic (exact) mass is 584 g/mol. The zero-order valence-electron chi connectivity index (χ0n) is 23.0. The summed E-state index contributed by atoms with van der Waals surface area (Å²) >= 11 is 7.50. The van der Waals surface area contributed by atoms with Gasteiger partial charge in [0.1, 0.15) is 17.1 Å². The Balaban J connectivity index is 1.42. The van der Waals surface area contributed by atoms with Gasteiger partial charge in [0.25, 0.3) is 5.91 Å². The van der Waals surface area contributed by atoms with Crippen LogP contribution < -0.4 is 10.1 Å². The minimum atomic E-state index is -0.775. The number of hydrogen-bond acceptors (Lipinski definition) is 8. The van der Waals surface area contributed by atoms with Crippen molar-refractivity contribution in [3.05, 3.63) is 58.2 Å². The third-order valence-corrected chi connectivity index (χ3v) is 8.17. The zero-order chi connectivity index (χ0) is 28.4. The number of aromatic nitrogens is 2. The highest BCUT2D eigenvalue weighted by atomic mass is 35.5. The van der Waals surface area contributed by atoms with Gasteiger partial charge < -0.3 is 28.8 Å². The van der Waals surface area contributed by atoms with Gasteiger partial charge in [-0.3, -0.25) is 4.79 Å². The molecule has 1 aliphatic heterocycles. The minimum Gasteiger partial charge on any atom is -0.431 e. The molecule has 1 fully saturated rings. The van der Waals surface area contributed by atoms with Gasteiger partial charge >= 0.3 is 6.16 Å². The molecule has 1 saturated heterocycles. The number of ether oxygens (including phenoxy) is 2. The Morgan fingerprint density at radius 2 is 1.90 bits per heavy atom. The summed E-state index contributed by atoms with van der Waals surface area (Å²) in [7, 11) is 0. The molecule has 1 amide bonds. The number of likely N-dealkylation sites (tertiary alicyclic amines) is 1. The number of hydrogen-bond donors (Lipinski definition) is 1. The second kappa shape index (κ2) is 12.0. The summed E-state index contributed by atoms with van der Waals surface area (Å²) in [6.07, 6.45) is 0.729. The van der Waals surface area contributed by atoms with Crippen LogP contribution in [0.1, 0.15) is 56.7 Å². The van der Waals surface area contributed by atoms with E-state index in [4.69, 9.17) is 25.6 Å². The fourth-order valence-electron chi connectivity index (χ4n) is 4.91. The van der Waals surface area contributed by atoms with Crippen molar-refractivity contribution < 1.29 is 23.6 Å². The van der Waals surface area contributed by atoms with Crippen molar-refractivity contribution in [2.75, 3.05) is 13.1 Å². The normalized spacial score (nSPS) is 14.8. The largest absolute Gasteiger partial charge is 0.514 e. The van der Waals surface area contributed by atoms with E-state index in [9.17, 15) is 9.59 Å². The average molecular weight is 585 g/mol. The van der Waals surface area contributed by atoms with Crippen LogP contribution in [-0.4, -0.2) is 58.0 Å². The van der Waals surface area contributed by atoms with Gasteiger partial charge in [-0.2, -0.15) is 0 Å². The molecule has 0 spiro atoms. The second-order valence-corrected chi connectivity index (χ2v) is 12.2. The fraction of sp³-hybridized carbons (Fsp3) is 0.414. The van der Waals surface area contributed by atoms with Crippen molar-refractivity contribution in [1.29, 1.82) is 0 Å². The van der Waals surface area contributed by atoms with Crippen LogP contribution in [0.3, 0.4) is 0 Å². The number of piperidine rings is 1. The number of halogens is 1. The molecule has 0 radical (unpaired) electrons. The number of carbonyl (C=O) groups is 2. The van der Waals surface area contributed by atoms with Gasteiger partial charge in [-0.15, -0.1) is 11.3 Å². The Bertz CT molecular complexity index is 1500. The van der Waals surface area contributed by atoms with Crippen LogP contribution in [0, 0.1) is 0 Å². The maximum Gasteiger partial charge on any atom is 0.514 e. The predicted octanol–water partition coefficient (Wildman–Crippen LogP) is 6.59. The first-order valence-corrected chi connectivity index (χ1v) is 14.6. The van der Waals surface area contributed by atoms with Crippen molar-refractivity contribution in [2.24, 2.45) is 0 Å². The van der Waals surface area contributed by atoms with E-state index in [1.165, 1.54) is 11.3 Å². The lowest BCUT2D eigenvalue weighted by atomic mass is 10.0. The highest BCUT2D eigenvalue weighted by Gasteiger charge is 2.25. The van der Waals surface area contributed by atoms with Crippen molar-refractivity contribution in [3.8, 4) is 16.4 Å². The lowest BCUT2D eigenvalue weighted by Crippen LogP contribution is -2.46. The summed E-state index contributed by atoms with van der Waals surface area (Å²) in [4.78, 5) is 29.0. The van der Waals surface area contributed by atoms with Crippen LogP contribution in [0.25, 0.3) is 21.5 Å². The first-order valence-electron chi connectivity index (χ1n) is 13.4. The van der Waals surface area contributed by atoms with Gasteiger partial charge in [0, 0.05) is 42.1 Å². The Hall–Kier alpha value is -3.34. The molecular formula is C29H33ClN4O5S. The highest BCUT2D eigenvalue weighted by Crippen LogP contribution is 2.32. The molecule has 3 aromatic heterocycles. The Labute approximate surface area is 242 Å². The predicted molar refractivity (Wildman–Crippen MR) is 155 cm³/mol. The summed E-state index contributed by atoms with van der Waals surface area (Å²) in [5, 5.41) is 8.24. The lowest BCUT2D eigenvalue weighted by molar-refractivity contribution is 0.0729. The van der Waals surface area contributed by atoms with Gasteiger partial charge in [-0.1, -0.05) is 16.8 Å². The van der Waals surface area contributed by atoms with Gasteiger partial charge in [0.2, 0.25) is 0 Å². The van der Waals surface area contributed by atoms with Crippen molar-refractivity contribution in [2.45, 2.75) is 65.3 Å². The van der Waals surface area contributed by atoms with Crippen LogP contribution in [0.2, 0.25) is 4.34 Å². The number of thiophene rings is 1. The number of carbonyl (C=O) groups excluding carboxylic acids is 2. The molecule has 212 valence electrons. The minimum absolute atomic E-state index is 0.0980. The standard InChI is InChI=1S/C29H33ClN4O5S/c1-17(2)33-11-9-20(10-12-33)31-28(35)24-14-19-13-22(38-29(36)37-18(3)4)5-6-23(19)34(24)16-21-15-25(39-32-21)26-7-8-27(30)40-26/h5-8,13-15,17-18,20H,9-12,16H2,1-4H3,(H,31,35). The van der Waals surface area contributed by atoms with Crippen molar-refractivity contribution >= 4 is 45.9 Å². The van der Waals surface area contributed by atoms with Gasteiger partial charge in [0.15, 0.2) is 5.76 Å². The quantitative estimate of drug-likeness (QED) is 0.184. The molecule has 0 unspecified atom stereocenters. The van der Waals surface area contributed by atoms with Gasteiger partial charge in [0.05, 0.1) is 21.9 Å². The number of fused-ring (bicyclic) bond motifs is 1. The van der Waals surface area contributed by atoms with E-state index in [-0.39, 0.29) is 18.1 Å². The van der Waals surface area contributed by atoms with E-state index < -0.39 is 6.16 Å². The van der Waals surface area contributed by atoms with Gasteiger partial charge in [-0.05, 0) is 76.9 Å². The van der Waals surface area contributed by atoms with E-state index in [1.54, 1.807) is 26.0 Å². The summed E-state index contributed by atoms with van der Waals surface area (Å²) in [6.45, 7) is 10.1. The number of nitrogens with one attached hydrogen (secondary N) is 1. The third-order valence-electron chi connectivity index (χ3n) is 6.93. The maximum atomic E-state index is 13.6. The number of nitrogens with zero attached hydrogens (tertiary/aromatic N) is 3. The summed E-state index contributed by atoms with van der Waals surface area (Å²) in [5.74, 6) is 0.793. The van der Waals surface area contributed by atoms with Crippen LogP contribution >= 0.6 is 22.9 Å². The molecule has 40 heavy (non-hydrogen) atoms. The van der Waals surface area contributed by atoms with E-state index in [0.717, 1.165) is 41.7 Å². The highest BCUT2D eigenvalue weighted by molar-refractivity contribution is 7.19. The molecule has 0 saturated carbocycles. The Morgan fingerprint density at radius 3 is 2.58 bits per heavy atom. The number of rotatable bonds is 8. The molecule has 0 aliphatic carbocycles. The topological polar surface area (TPSA) is 98.8 Å². The molecule has 4 aromatic rings. The molecule has 1 N–H and O–H groups in total. The average Bonchev–Trinajstić information content (AvgIpc) is 3.63. The first kappa shape index (κ1) is 28.2. The molecule has 9 nitrogen and oxygen atoms in total. The van der Waals surface area contributed by atoms with Crippen LogP contribution in [0.4, 0.5) is 4.79 Å². The Morgan fingerprint density at radius 1 is 1.12 bits per heavy atom. The van der Waals surface area contributed by atoms with E-state index in [1.807, 2.05) is 34.9 Å². The number of amides is 1. The lowest BCUT2D eigenvalue weighted by Gasteiger charge is -2.34. The molecule has 11 heteroatoms. The summed E-state index contributed by atoms with van der Waals surface area (Å²) in [6, 6.07) is 13.2. The summed E-state index contributed by atoms with van der Waals surface area (Å²) < 4.78 is 18.6. The van der Waals surface area contributed by atoms with Crippen LogP contribution in [-0.2, 0) is 11.3 Å². The molecule has 4 heterocycles. The smallest absolute Gasteiger partial charge is 0.431 e. The zero-order valence-corrected chi connectivity index (χ0v) is 24.6. The van der Waals surface area contributed by atoms with Crippen LogP contribution in [0.5, 0.6) is 5.75 Å². The first-order chi connectivity index (χ1) is 19.2. The van der Waals surface area contributed by atoms with Crippen molar-refractivity contribution in [1.82, 2.24) is 19.9 Å². The molecule has 0 atom stereocenters. The molecule has 5 rings (SSSR count). The van der Waals surface area contributed by atoms with Crippen LogP contribution in [0.15, 0.2) is 47.0 Å². The molecular weight excluding hydrogens is 552 g/mol. The SMILES string of the molecule is CC(C)OC(=O)Oc1ccc2c(c1)cc(C(=O)NC1CCN(C(C)C)CC1)n2Cc1cc(-c2ccc(Cl)s2)on1. The fourth-order valence-corrected chi connectivity index (χ4v) is 5.91. The van der Waals surface area contributed by atoms with E-state index in [2.05, 4.69) is 29.2 Å². The van der Waals surface area contributed by atoms with Gasteiger partial charge in [-0.25, -0.2) is 4.79 Å². The number of benzene rings is 1. The summed E-state index contributed by atoms with van der Waals surface area (Å²) in [5.41, 5.74) is 1.96.